The fraction of sp³-hybridized carbons (Fsp3) is 0.643. The number of anilines is 2. The number of nitrogens with zero attached hydrogens (tertiary/aromatic N) is 1. The first-order valence-corrected chi connectivity index (χ1v) is 8.00. The second-order valence-electron chi connectivity index (χ2n) is 5.41. The summed E-state index contributed by atoms with van der Waals surface area (Å²) in [6, 6.07) is 0. The SMILES string of the molecule is COc1c(N2CCCNCC2)sc(C(=O)C2CC2)c1N. The summed E-state index contributed by atoms with van der Waals surface area (Å²) in [6.45, 7) is 3.88. The molecule has 110 valence electrons. The molecule has 1 aromatic heterocycles. The molecule has 2 fully saturated rings. The highest BCUT2D eigenvalue weighted by atomic mass is 32.1. The van der Waals surface area contributed by atoms with Crippen LogP contribution in [0.1, 0.15) is 28.9 Å². The Labute approximate surface area is 123 Å². The van der Waals surface area contributed by atoms with E-state index in [4.69, 9.17) is 10.5 Å². The Hall–Kier alpha value is -1.27. The number of thiophene rings is 1. The lowest BCUT2D eigenvalue weighted by atomic mass is 10.2. The first-order chi connectivity index (χ1) is 9.72. The molecule has 2 aliphatic rings. The van der Waals surface area contributed by atoms with Crippen LogP contribution in [0, 0.1) is 5.92 Å². The lowest BCUT2D eigenvalue weighted by Gasteiger charge is -2.21. The highest BCUT2D eigenvalue weighted by molar-refractivity contribution is 7.19. The summed E-state index contributed by atoms with van der Waals surface area (Å²) in [5.41, 5.74) is 6.68. The summed E-state index contributed by atoms with van der Waals surface area (Å²) in [4.78, 5) is 15.3. The van der Waals surface area contributed by atoms with Gasteiger partial charge in [-0.1, -0.05) is 0 Å². The lowest BCUT2D eigenvalue weighted by molar-refractivity contribution is 0.0972. The van der Waals surface area contributed by atoms with Crippen LogP contribution in [-0.4, -0.2) is 39.1 Å². The van der Waals surface area contributed by atoms with Crippen LogP contribution in [-0.2, 0) is 0 Å². The zero-order chi connectivity index (χ0) is 14.1. The van der Waals surface area contributed by atoms with Crippen molar-refractivity contribution in [2.24, 2.45) is 5.92 Å². The van der Waals surface area contributed by atoms with Crippen LogP contribution in [0.25, 0.3) is 0 Å². The van der Waals surface area contributed by atoms with Crippen molar-refractivity contribution < 1.29 is 9.53 Å². The van der Waals surface area contributed by atoms with Crippen LogP contribution < -0.4 is 20.7 Å². The van der Waals surface area contributed by atoms with E-state index >= 15 is 0 Å². The van der Waals surface area contributed by atoms with E-state index in [9.17, 15) is 4.79 Å². The van der Waals surface area contributed by atoms with Gasteiger partial charge in [-0.25, -0.2) is 0 Å². The number of rotatable bonds is 4. The number of ether oxygens (including phenoxy) is 1. The third kappa shape index (κ3) is 2.50. The largest absolute Gasteiger partial charge is 0.492 e. The van der Waals surface area contributed by atoms with Crippen molar-refractivity contribution in [2.75, 3.05) is 43.9 Å². The number of hydrogen-bond donors (Lipinski definition) is 2. The second kappa shape index (κ2) is 5.61. The van der Waals surface area contributed by atoms with Crippen LogP contribution in [0.4, 0.5) is 10.7 Å². The molecular formula is C14H21N3O2S. The van der Waals surface area contributed by atoms with Gasteiger partial charge in [-0.05, 0) is 25.8 Å². The van der Waals surface area contributed by atoms with Gasteiger partial charge in [0.15, 0.2) is 11.5 Å². The van der Waals surface area contributed by atoms with Crippen molar-refractivity contribution in [1.82, 2.24) is 5.32 Å². The highest BCUT2D eigenvalue weighted by Gasteiger charge is 2.35. The summed E-state index contributed by atoms with van der Waals surface area (Å²) in [7, 11) is 1.63. The zero-order valence-electron chi connectivity index (χ0n) is 11.8. The Balaban J connectivity index is 1.92. The third-order valence-corrected chi connectivity index (χ3v) is 5.15. The van der Waals surface area contributed by atoms with E-state index in [1.54, 1.807) is 7.11 Å². The normalized spacial score (nSPS) is 19.8. The minimum Gasteiger partial charge on any atom is -0.492 e. The van der Waals surface area contributed by atoms with Gasteiger partial charge in [-0.15, -0.1) is 11.3 Å². The Morgan fingerprint density at radius 1 is 1.40 bits per heavy atom. The number of nitrogens with one attached hydrogen (secondary N) is 1. The first-order valence-electron chi connectivity index (χ1n) is 7.18. The van der Waals surface area contributed by atoms with E-state index in [0.29, 0.717) is 16.3 Å². The predicted octanol–water partition coefficient (Wildman–Crippen LogP) is 1.73. The maximum absolute atomic E-state index is 12.3. The van der Waals surface area contributed by atoms with Crippen LogP contribution >= 0.6 is 11.3 Å². The van der Waals surface area contributed by atoms with E-state index in [2.05, 4.69) is 10.2 Å². The number of nitrogens with two attached hydrogens (primary N) is 1. The molecule has 3 N–H and O–H groups in total. The van der Waals surface area contributed by atoms with E-state index in [0.717, 1.165) is 50.4 Å². The van der Waals surface area contributed by atoms with Crippen LogP contribution in [0.3, 0.4) is 0 Å². The van der Waals surface area contributed by atoms with Gasteiger partial charge in [0.25, 0.3) is 0 Å². The number of carbonyl (C=O) groups is 1. The molecule has 1 saturated carbocycles. The molecule has 0 atom stereocenters. The predicted molar refractivity (Wildman–Crippen MR) is 82.0 cm³/mol. The molecule has 1 aromatic rings. The smallest absolute Gasteiger partial charge is 0.178 e. The summed E-state index contributed by atoms with van der Waals surface area (Å²) >= 11 is 1.50. The number of hydrogen-bond acceptors (Lipinski definition) is 6. The second-order valence-corrected chi connectivity index (χ2v) is 6.41. The number of methoxy groups -OCH3 is 1. The molecule has 3 rings (SSSR count). The zero-order valence-corrected chi connectivity index (χ0v) is 12.6. The Morgan fingerprint density at radius 2 is 2.20 bits per heavy atom. The van der Waals surface area contributed by atoms with Gasteiger partial charge in [0.05, 0.1) is 17.7 Å². The minimum absolute atomic E-state index is 0.194. The molecule has 0 spiro atoms. The molecule has 0 bridgehead atoms. The van der Waals surface area contributed by atoms with E-state index in [1.165, 1.54) is 11.3 Å². The highest BCUT2D eigenvalue weighted by Crippen LogP contribution is 2.47. The summed E-state index contributed by atoms with van der Waals surface area (Å²) in [5, 5.41) is 4.39. The molecule has 0 amide bonds. The fourth-order valence-corrected chi connectivity index (χ4v) is 3.85. The molecule has 5 nitrogen and oxygen atoms in total. The van der Waals surface area contributed by atoms with Gasteiger partial charge in [-0.2, -0.15) is 0 Å². The molecule has 20 heavy (non-hydrogen) atoms. The van der Waals surface area contributed by atoms with Gasteiger partial charge in [0, 0.05) is 25.6 Å². The third-order valence-electron chi connectivity index (χ3n) is 3.89. The van der Waals surface area contributed by atoms with Gasteiger partial charge in [0.2, 0.25) is 0 Å². The van der Waals surface area contributed by atoms with Crippen LogP contribution in [0.5, 0.6) is 5.75 Å². The average Bonchev–Trinajstić information content (AvgIpc) is 3.25. The summed E-state index contributed by atoms with van der Waals surface area (Å²) in [5.74, 6) is 1.07. The standard InChI is InChI=1S/C14H21N3O2S/c1-19-12-10(15)13(11(18)9-3-4-9)20-14(12)17-7-2-5-16-6-8-17/h9,16H,2-8,15H2,1H3. The molecule has 1 saturated heterocycles. The van der Waals surface area contributed by atoms with Crippen molar-refractivity contribution in [3.8, 4) is 5.75 Å². The van der Waals surface area contributed by atoms with E-state index in [-0.39, 0.29) is 11.7 Å². The van der Waals surface area contributed by atoms with Gasteiger partial charge in [0.1, 0.15) is 5.00 Å². The van der Waals surface area contributed by atoms with Crippen molar-refractivity contribution in [3.05, 3.63) is 4.88 Å². The van der Waals surface area contributed by atoms with E-state index < -0.39 is 0 Å². The molecule has 6 heteroatoms. The maximum Gasteiger partial charge on any atom is 0.178 e. The Kier molecular flexibility index (Phi) is 3.85. The number of ketones is 1. The topological polar surface area (TPSA) is 67.6 Å². The van der Waals surface area contributed by atoms with Crippen molar-refractivity contribution in [3.63, 3.8) is 0 Å². The van der Waals surface area contributed by atoms with Gasteiger partial charge in [-0.3, -0.25) is 4.79 Å². The van der Waals surface area contributed by atoms with Crippen molar-refractivity contribution in [1.29, 1.82) is 0 Å². The fourth-order valence-electron chi connectivity index (χ4n) is 2.58. The molecule has 0 radical (unpaired) electrons. The van der Waals surface area contributed by atoms with Crippen molar-refractivity contribution >= 4 is 27.8 Å². The van der Waals surface area contributed by atoms with E-state index in [1.807, 2.05) is 0 Å². The summed E-state index contributed by atoms with van der Waals surface area (Å²) in [6.07, 6.45) is 3.09. The minimum atomic E-state index is 0.194. The number of Topliss-reactive ketones (excluding diaryl/α,β-unsaturated/α-hetero) is 1. The first kappa shape index (κ1) is 13.7. The molecule has 0 unspecified atom stereocenters. The van der Waals surface area contributed by atoms with Crippen molar-refractivity contribution in [2.45, 2.75) is 19.3 Å². The van der Waals surface area contributed by atoms with Gasteiger partial charge < -0.3 is 20.7 Å². The average molecular weight is 295 g/mol. The molecule has 1 aliphatic heterocycles. The monoisotopic (exact) mass is 295 g/mol. The molecular weight excluding hydrogens is 274 g/mol. The molecule has 2 heterocycles. The quantitative estimate of drug-likeness (QED) is 0.828. The van der Waals surface area contributed by atoms with Gasteiger partial charge >= 0.3 is 0 Å². The number of nitrogen functional groups attached to an aromatic ring is 1. The Bertz CT molecular complexity index is 503. The molecule has 0 aromatic carbocycles. The Morgan fingerprint density at radius 3 is 2.90 bits per heavy atom. The lowest BCUT2D eigenvalue weighted by Crippen LogP contribution is -2.27. The van der Waals surface area contributed by atoms with Crippen LogP contribution in [0.15, 0.2) is 0 Å². The van der Waals surface area contributed by atoms with Crippen LogP contribution in [0.2, 0.25) is 0 Å². The summed E-state index contributed by atoms with van der Waals surface area (Å²) < 4.78 is 5.47. The number of carbonyl (C=O) groups excluding carboxylic acids is 1. The molecule has 1 aliphatic carbocycles. The maximum atomic E-state index is 12.3.